The zero-order chi connectivity index (χ0) is 13.0. The highest BCUT2D eigenvalue weighted by Crippen LogP contribution is 2.27. The number of hydrogen-bond donors (Lipinski definition) is 1. The molecule has 0 aliphatic heterocycles. The fraction of sp³-hybridized carbons (Fsp3) is 0.273. The molecule has 0 amide bonds. The molecular weight excluding hydrogens is 252 g/mol. The lowest BCUT2D eigenvalue weighted by Gasteiger charge is -2.10. The molecule has 0 aliphatic carbocycles. The van der Waals surface area contributed by atoms with Crippen molar-refractivity contribution in [1.29, 1.82) is 5.26 Å². The highest BCUT2D eigenvalue weighted by Gasteiger charge is 2.18. The van der Waals surface area contributed by atoms with E-state index in [1.54, 1.807) is 6.07 Å². The van der Waals surface area contributed by atoms with Crippen molar-refractivity contribution < 1.29 is 18.7 Å². The minimum absolute atomic E-state index is 0.0119. The molecule has 0 aliphatic rings. The quantitative estimate of drug-likeness (QED) is 0.846. The number of carboxylic acids is 1. The van der Waals surface area contributed by atoms with Crippen LogP contribution in [-0.2, 0) is 17.1 Å². The van der Waals surface area contributed by atoms with Crippen LogP contribution < -0.4 is 0 Å². The normalized spacial score (nSPS) is 10.3. The van der Waals surface area contributed by atoms with Crippen molar-refractivity contribution in [3.63, 3.8) is 0 Å². The average Bonchev–Trinajstić information content (AvgIpc) is 2.27. The van der Waals surface area contributed by atoms with Crippen LogP contribution in [0.15, 0.2) is 12.1 Å². The number of nitriles is 1. The largest absolute Gasteiger partial charge is 0.481 e. The molecule has 0 saturated heterocycles. The van der Waals surface area contributed by atoms with Crippen LogP contribution in [0.2, 0.25) is 0 Å². The summed E-state index contributed by atoms with van der Waals surface area (Å²) in [6, 6.07) is 4.01. The summed E-state index contributed by atoms with van der Waals surface area (Å²) in [5.41, 5.74) is -0.0424. The van der Waals surface area contributed by atoms with Crippen molar-refractivity contribution in [2.45, 2.75) is 18.7 Å². The topological polar surface area (TPSA) is 61.1 Å². The lowest BCUT2D eigenvalue weighted by molar-refractivity contribution is -0.136. The Bertz CT molecular complexity index is 483. The summed E-state index contributed by atoms with van der Waals surface area (Å²) in [5, 5.41) is 17.4. The van der Waals surface area contributed by atoms with Gasteiger partial charge in [0, 0.05) is 11.4 Å². The molecule has 90 valence electrons. The number of rotatable bonds is 4. The van der Waals surface area contributed by atoms with Gasteiger partial charge in [-0.05, 0) is 17.2 Å². The van der Waals surface area contributed by atoms with Crippen molar-refractivity contribution >= 4 is 17.6 Å². The number of nitrogens with zero attached hydrogens (tertiary/aromatic N) is 1. The van der Waals surface area contributed by atoms with Gasteiger partial charge in [-0.2, -0.15) is 5.26 Å². The fourth-order valence-electron chi connectivity index (χ4n) is 1.45. The fourth-order valence-corrected chi connectivity index (χ4v) is 1.67. The third-order valence-corrected chi connectivity index (χ3v) is 2.49. The SMILES string of the molecule is N#Cc1cc(C(F)F)c(CC(=O)O)cc1CCl. The Labute approximate surface area is 101 Å². The predicted molar refractivity (Wildman–Crippen MR) is 57.0 cm³/mol. The van der Waals surface area contributed by atoms with Gasteiger partial charge in [-0.3, -0.25) is 4.79 Å². The first-order valence-corrected chi connectivity index (χ1v) is 5.14. The maximum Gasteiger partial charge on any atom is 0.307 e. The molecule has 0 spiro atoms. The Morgan fingerprint density at radius 1 is 1.47 bits per heavy atom. The monoisotopic (exact) mass is 259 g/mol. The summed E-state index contributed by atoms with van der Waals surface area (Å²) < 4.78 is 25.4. The minimum Gasteiger partial charge on any atom is -0.481 e. The molecule has 1 rings (SSSR count). The molecule has 17 heavy (non-hydrogen) atoms. The number of carboxylic acid groups (broad SMARTS) is 1. The highest BCUT2D eigenvalue weighted by molar-refractivity contribution is 6.17. The summed E-state index contributed by atoms with van der Waals surface area (Å²) in [5.74, 6) is -1.24. The third-order valence-electron chi connectivity index (χ3n) is 2.21. The summed E-state index contributed by atoms with van der Waals surface area (Å²) in [4.78, 5) is 10.6. The van der Waals surface area contributed by atoms with Crippen LogP contribution in [-0.4, -0.2) is 11.1 Å². The second kappa shape index (κ2) is 5.60. The summed E-state index contributed by atoms with van der Waals surface area (Å²) >= 11 is 5.57. The Kier molecular flexibility index (Phi) is 4.41. The average molecular weight is 260 g/mol. The van der Waals surface area contributed by atoms with E-state index in [1.165, 1.54) is 6.07 Å². The number of aliphatic carboxylic acids is 1. The minimum atomic E-state index is -2.82. The molecule has 0 unspecified atom stereocenters. The van der Waals surface area contributed by atoms with Gasteiger partial charge >= 0.3 is 5.97 Å². The van der Waals surface area contributed by atoms with Crippen LogP contribution in [0.5, 0.6) is 0 Å². The smallest absolute Gasteiger partial charge is 0.307 e. The lowest BCUT2D eigenvalue weighted by atomic mass is 9.98. The molecule has 0 bridgehead atoms. The number of alkyl halides is 3. The molecule has 1 aromatic carbocycles. The molecule has 0 aromatic heterocycles. The van der Waals surface area contributed by atoms with Gasteiger partial charge in [0.25, 0.3) is 6.43 Å². The van der Waals surface area contributed by atoms with Crippen LogP contribution >= 0.6 is 11.6 Å². The first kappa shape index (κ1) is 13.4. The second-order valence-electron chi connectivity index (χ2n) is 3.32. The first-order chi connectivity index (χ1) is 7.99. The van der Waals surface area contributed by atoms with E-state index in [4.69, 9.17) is 22.0 Å². The van der Waals surface area contributed by atoms with Crippen molar-refractivity contribution in [3.8, 4) is 6.07 Å². The Hall–Kier alpha value is -1.67. The predicted octanol–water partition coefficient (Wildman–Crippen LogP) is 2.86. The third kappa shape index (κ3) is 3.14. The zero-order valence-electron chi connectivity index (χ0n) is 8.58. The second-order valence-corrected chi connectivity index (χ2v) is 3.59. The van der Waals surface area contributed by atoms with E-state index in [9.17, 15) is 13.6 Å². The van der Waals surface area contributed by atoms with Gasteiger partial charge in [-0.25, -0.2) is 8.78 Å². The summed E-state index contributed by atoms with van der Waals surface area (Å²) in [7, 11) is 0. The molecule has 0 heterocycles. The Balaban J connectivity index is 3.36. The van der Waals surface area contributed by atoms with Gasteiger partial charge in [0.15, 0.2) is 0 Å². The lowest BCUT2D eigenvalue weighted by Crippen LogP contribution is -2.06. The van der Waals surface area contributed by atoms with E-state index in [0.717, 1.165) is 6.07 Å². The number of benzene rings is 1. The van der Waals surface area contributed by atoms with Gasteiger partial charge in [0.2, 0.25) is 0 Å². The van der Waals surface area contributed by atoms with E-state index in [-0.39, 0.29) is 17.0 Å². The van der Waals surface area contributed by atoms with E-state index in [1.807, 2.05) is 0 Å². The number of halogens is 3. The molecule has 0 saturated carbocycles. The van der Waals surface area contributed by atoms with Gasteiger partial charge in [0.05, 0.1) is 18.1 Å². The van der Waals surface area contributed by atoms with Gasteiger partial charge in [-0.1, -0.05) is 6.07 Å². The van der Waals surface area contributed by atoms with Crippen molar-refractivity contribution in [3.05, 3.63) is 34.4 Å². The van der Waals surface area contributed by atoms with Crippen LogP contribution in [0.3, 0.4) is 0 Å². The standard InChI is InChI=1S/C11H8ClF2NO2/c12-4-7-1-6(3-10(16)17)9(11(13)14)2-8(7)5-15/h1-2,11H,3-4H2,(H,16,17). The molecular formula is C11H8ClF2NO2. The highest BCUT2D eigenvalue weighted by atomic mass is 35.5. The Morgan fingerprint density at radius 2 is 2.12 bits per heavy atom. The number of carbonyl (C=O) groups is 1. The molecule has 6 heteroatoms. The van der Waals surface area contributed by atoms with Crippen LogP contribution in [0.25, 0.3) is 0 Å². The molecule has 1 aromatic rings. The van der Waals surface area contributed by atoms with Gasteiger partial charge in [0.1, 0.15) is 0 Å². The van der Waals surface area contributed by atoms with Crippen LogP contribution in [0, 0.1) is 11.3 Å². The van der Waals surface area contributed by atoms with Gasteiger partial charge in [-0.15, -0.1) is 11.6 Å². The van der Waals surface area contributed by atoms with Crippen molar-refractivity contribution in [2.75, 3.05) is 0 Å². The molecule has 1 N–H and O–H groups in total. The zero-order valence-corrected chi connectivity index (χ0v) is 9.34. The molecule has 0 fully saturated rings. The summed E-state index contributed by atoms with van der Waals surface area (Å²) in [6.45, 7) is 0. The van der Waals surface area contributed by atoms with Crippen molar-refractivity contribution in [2.24, 2.45) is 0 Å². The van der Waals surface area contributed by atoms with Crippen molar-refractivity contribution in [1.82, 2.24) is 0 Å². The maximum absolute atomic E-state index is 12.7. The maximum atomic E-state index is 12.7. The van der Waals surface area contributed by atoms with E-state index in [2.05, 4.69) is 0 Å². The van der Waals surface area contributed by atoms with Crippen LogP contribution in [0.4, 0.5) is 8.78 Å². The molecule has 3 nitrogen and oxygen atoms in total. The summed E-state index contributed by atoms with van der Waals surface area (Å²) in [6.07, 6.45) is -3.34. The van der Waals surface area contributed by atoms with Gasteiger partial charge < -0.3 is 5.11 Å². The molecule has 0 atom stereocenters. The van der Waals surface area contributed by atoms with E-state index < -0.39 is 24.4 Å². The first-order valence-electron chi connectivity index (χ1n) is 4.61. The van der Waals surface area contributed by atoms with E-state index >= 15 is 0 Å². The van der Waals surface area contributed by atoms with E-state index in [0.29, 0.717) is 5.56 Å². The number of hydrogen-bond acceptors (Lipinski definition) is 2. The Morgan fingerprint density at radius 3 is 2.53 bits per heavy atom. The van der Waals surface area contributed by atoms with Crippen LogP contribution in [0.1, 0.15) is 28.7 Å². The molecule has 0 radical (unpaired) electrons.